The Morgan fingerprint density at radius 3 is 1.82 bits per heavy atom. The molecule has 0 heterocycles. The van der Waals surface area contributed by atoms with Gasteiger partial charge in [0.1, 0.15) is 0 Å². The van der Waals surface area contributed by atoms with Gasteiger partial charge in [-0.3, -0.25) is 0 Å². The summed E-state index contributed by atoms with van der Waals surface area (Å²) in [7, 11) is 1.54. The third kappa shape index (κ3) is 20.1. The second-order valence-electron chi connectivity index (χ2n) is 3.25. The molecule has 0 atom stereocenters. The van der Waals surface area contributed by atoms with E-state index in [0.29, 0.717) is 24.7 Å². The molecule has 0 rings (SSSR count). The monoisotopic (exact) mass is 247 g/mol. The van der Waals surface area contributed by atoms with Crippen LogP contribution in [0, 0.1) is 5.92 Å². The molecule has 0 aliphatic heterocycles. The van der Waals surface area contributed by atoms with Crippen LogP contribution in [0.4, 0.5) is 4.79 Å². The summed E-state index contributed by atoms with van der Waals surface area (Å²) in [6.07, 6.45) is 0.758. The second kappa shape index (κ2) is 10.5. The van der Waals surface area contributed by atoms with Crippen molar-refractivity contribution in [2.24, 2.45) is 5.92 Å². The van der Waals surface area contributed by atoms with Crippen LogP contribution in [0.15, 0.2) is 12.2 Å². The number of nitrogens with one attached hydrogen (secondary N) is 1. The Hall–Kier alpha value is -2.05. The topological polar surface area (TPSA) is 113 Å². The van der Waals surface area contributed by atoms with Gasteiger partial charge in [-0.15, -0.1) is 0 Å². The summed E-state index contributed by atoms with van der Waals surface area (Å²) in [4.78, 5) is 29.5. The minimum absolute atomic E-state index is 0.358. The number of alkyl carbamates (subject to hydrolysis) is 1. The number of hydrogen-bond acceptors (Lipinski definition) is 4. The molecule has 0 aromatic carbocycles. The van der Waals surface area contributed by atoms with Gasteiger partial charge in [0.2, 0.25) is 0 Å². The number of carboxylic acids is 2. The van der Waals surface area contributed by atoms with E-state index >= 15 is 0 Å². The zero-order chi connectivity index (χ0) is 13.8. The lowest BCUT2D eigenvalue weighted by atomic mass is 10.2. The van der Waals surface area contributed by atoms with E-state index in [-0.39, 0.29) is 6.09 Å². The quantitative estimate of drug-likeness (QED) is 0.630. The molecule has 7 heteroatoms. The summed E-state index contributed by atoms with van der Waals surface area (Å²) < 4.78 is 4.70. The number of carboxylic acid groups (broad SMARTS) is 2. The van der Waals surface area contributed by atoms with E-state index in [1.165, 1.54) is 0 Å². The normalized spacial score (nSPS) is 9.41. The van der Waals surface area contributed by atoms with Crippen LogP contribution in [-0.2, 0) is 14.3 Å². The van der Waals surface area contributed by atoms with Crippen LogP contribution in [0.1, 0.15) is 13.8 Å². The maximum atomic E-state index is 10.4. The molecular weight excluding hydrogens is 230 g/mol. The zero-order valence-electron chi connectivity index (χ0n) is 9.97. The Bertz CT molecular complexity index is 269. The lowest BCUT2D eigenvalue weighted by molar-refractivity contribution is -0.134. The van der Waals surface area contributed by atoms with Gasteiger partial charge in [-0.25, -0.2) is 14.4 Å². The number of amides is 1. The van der Waals surface area contributed by atoms with Gasteiger partial charge in [-0.2, -0.15) is 0 Å². The number of aliphatic carboxylic acids is 2. The summed E-state index contributed by atoms with van der Waals surface area (Å²) in [5.74, 6) is -2.11. The van der Waals surface area contributed by atoms with E-state index in [0.717, 1.165) is 0 Å². The summed E-state index contributed by atoms with van der Waals surface area (Å²) in [5, 5.41) is 18.0. The first kappa shape index (κ1) is 17.3. The lowest BCUT2D eigenvalue weighted by Gasteiger charge is -2.04. The van der Waals surface area contributed by atoms with Crippen LogP contribution < -0.4 is 5.32 Å². The van der Waals surface area contributed by atoms with Gasteiger partial charge in [0.05, 0.1) is 6.61 Å². The summed E-state index contributed by atoms with van der Waals surface area (Å²) in [5.41, 5.74) is 0. The molecule has 0 radical (unpaired) electrons. The van der Waals surface area contributed by atoms with Gasteiger partial charge in [0.15, 0.2) is 0 Å². The van der Waals surface area contributed by atoms with Gasteiger partial charge < -0.3 is 20.3 Å². The largest absolute Gasteiger partial charge is 0.478 e. The second-order valence-corrected chi connectivity index (χ2v) is 3.25. The molecule has 0 aliphatic rings. The maximum absolute atomic E-state index is 10.4. The first-order valence-corrected chi connectivity index (χ1v) is 4.78. The number of carbonyl (C=O) groups is 3. The van der Waals surface area contributed by atoms with E-state index in [4.69, 9.17) is 14.9 Å². The molecular formula is C10H17NO6. The smallest absolute Gasteiger partial charge is 0.406 e. The summed E-state index contributed by atoms with van der Waals surface area (Å²) in [6, 6.07) is 0. The fraction of sp³-hybridized carbons (Fsp3) is 0.500. The average Bonchev–Trinajstić information content (AvgIpc) is 2.23. The highest BCUT2D eigenvalue weighted by Gasteiger charge is 1.98. The van der Waals surface area contributed by atoms with E-state index in [1.54, 1.807) is 7.05 Å². The maximum Gasteiger partial charge on any atom is 0.406 e. The highest BCUT2D eigenvalue weighted by atomic mass is 16.5. The Morgan fingerprint density at radius 1 is 1.18 bits per heavy atom. The molecule has 0 saturated heterocycles. The first-order chi connectivity index (χ1) is 7.79. The fourth-order valence-corrected chi connectivity index (χ4v) is 0.457. The van der Waals surface area contributed by atoms with Crippen LogP contribution in [0.5, 0.6) is 0 Å². The average molecular weight is 247 g/mol. The molecule has 0 aromatic rings. The molecule has 3 N–H and O–H groups in total. The Kier molecular flexibility index (Phi) is 10.7. The molecule has 0 saturated carbocycles. The first-order valence-electron chi connectivity index (χ1n) is 4.78. The van der Waals surface area contributed by atoms with Crippen molar-refractivity contribution in [2.45, 2.75) is 13.8 Å². The Labute approximate surface area is 99.1 Å². The Balaban J connectivity index is 0. The van der Waals surface area contributed by atoms with Crippen LogP contribution in [0.3, 0.4) is 0 Å². The standard InChI is InChI=1S/C6H13NO2.C4H4O4/c1-5(2)4-9-6(8)7-3;5-3(6)1-2-4(7)8/h5H,4H2,1-3H3,(H,7,8);1-2H,(H,5,6)(H,7,8)/b;2-1+. The van der Waals surface area contributed by atoms with E-state index in [9.17, 15) is 14.4 Å². The van der Waals surface area contributed by atoms with Gasteiger partial charge in [0, 0.05) is 19.2 Å². The highest BCUT2D eigenvalue weighted by Crippen LogP contribution is 1.91. The SMILES string of the molecule is CNC(=O)OCC(C)C.O=C(O)/C=C/C(=O)O. The van der Waals surface area contributed by atoms with Gasteiger partial charge in [0.25, 0.3) is 0 Å². The molecule has 0 unspecified atom stereocenters. The molecule has 7 nitrogen and oxygen atoms in total. The lowest BCUT2D eigenvalue weighted by Crippen LogP contribution is -2.21. The van der Waals surface area contributed by atoms with E-state index in [1.807, 2.05) is 13.8 Å². The van der Waals surface area contributed by atoms with Gasteiger partial charge >= 0.3 is 18.0 Å². The van der Waals surface area contributed by atoms with Crippen molar-refractivity contribution in [3.8, 4) is 0 Å². The van der Waals surface area contributed by atoms with E-state index in [2.05, 4.69) is 5.32 Å². The Morgan fingerprint density at radius 2 is 1.59 bits per heavy atom. The van der Waals surface area contributed by atoms with Crippen LogP contribution >= 0.6 is 0 Å². The minimum atomic E-state index is -1.26. The molecule has 0 aromatic heterocycles. The van der Waals surface area contributed by atoms with Crippen LogP contribution in [0.25, 0.3) is 0 Å². The molecule has 0 bridgehead atoms. The molecule has 0 aliphatic carbocycles. The zero-order valence-corrected chi connectivity index (χ0v) is 9.97. The van der Waals surface area contributed by atoms with Gasteiger partial charge in [-0.1, -0.05) is 13.8 Å². The molecule has 1 amide bonds. The van der Waals surface area contributed by atoms with Crippen LogP contribution in [0.2, 0.25) is 0 Å². The number of ether oxygens (including phenoxy) is 1. The van der Waals surface area contributed by atoms with Crippen molar-refractivity contribution >= 4 is 18.0 Å². The third-order valence-electron chi connectivity index (χ3n) is 1.12. The van der Waals surface area contributed by atoms with Crippen molar-refractivity contribution in [2.75, 3.05) is 13.7 Å². The molecule has 17 heavy (non-hydrogen) atoms. The highest BCUT2D eigenvalue weighted by molar-refractivity contribution is 5.89. The van der Waals surface area contributed by atoms with Crippen molar-refractivity contribution < 1.29 is 29.3 Å². The number of carbonyl (C=O) groups excluding carboxylic acids is 1. The fourth-order valence-electron chi connectivity index (χ4n) is 0.457. The van der Waals surface area contributed by atoms with Crippen molar-refractivity contribution in [1.82, 2.24) is 5.32 Å². The van der Waals surface area contributed by atoms with Crippen molar-refractivity contribution in [3.05, 3.63) is 12.2 Å². The molecule has 98 valence electrons. The molecule has 0 spiro atoms. The van der Waals surface area contributed by atoms with E-state index < -0.39 is 11.9 Å². The number of rotatable bonds is 4. The van der Waals surface area contributed by atoms with Gasteiger partial charge in [-0.05, 0) is 5.92 Å². The predicted octanol–water partition coefficient (Wildman–Crippen LogP) is 0.710. The van der Waals surface area contributed by atoms with Crippen molar-refractivity contribution in [3.63, 3.8) is 0 Å². The third-order valence-corrected chi connectivity index (χ3v) is 1.12. The van der Waals surface area contributed by atoms with Crippen molar-refractivity contribution in [1.29, 1.82) is 0 Å². The number of hydrogen-bond donors (Lipinski definition) is 3. The summed E-state index contributed by atoms with van der Waals surface area (Å²) in [6.45, 7) is 4.46. The van der Waals surface area contributed by atoms with Crippen LogP contribution in [-0.4, -0.2) is 41.9 Å². The molecule has 0 fully saturated rings. The predicted molar refractivity (Wildman–Crippen MR) is 59.7 cm³/mol. The summed E-state index contributed by atoms with van der Waals surface area (Å²) >= 11 is 0. The minimum Gasteiger partial charge on any atom is -0.478 e.